The van der Waals surface area contributed by atoms with Crippen LogP contribution in [-0.4, -0.2) is 33.8 Å². The van der Waals surface area contributed by atoms with Crippen molar-refractivity contribution in [2.45, 2.75) is 6.18 Å². The molecule has 2 amide bonds. The Bertz CT molecular complexity index is 744. The van der Waals surface area contributed by atoms with Gasteiger partial charge in [-0.1, -0.05) is 42.2 Å². The highest BCUT2D eigenvalue weighted by Crippen LogP contribution is 2.32. The van der Waals surface area contributed by atoms with Gasteiger partial charge in [-0.3, -0.25) is 14.5 Å². The van der Waals surface area contributed by atoms with E-state index in [0.29, 0.717) is 14.8 Å². The number of thiocarbonyl (C=S) groups is 1. The van der Waals surface area contributed by atoms with E-state index >= 15 is 0 Å². The van der Waals surface area contributed by atoms with E-state index < -0.39 is 12.1 Å². The third-order valence-corrected chi connectivity index (χ3v) is 4.26. The second-order valence-electron chi connectivity index (χ2n) is 4.66. The Hall–Kier alpha value is -2.13. The molecule has 1 saturated heterocycles. The number of amides is 2. The van der Waals surface area contributed by atoms with Crippen molar-refractivity contribution in [3.63, 3.8) is 0 Å². The van der Waals surface area contributed by atoms with E-state index in [1.807, 2.05) is 0 Å². The molecule has 0 spiro atoms. The molecule has 1 aliphatic heterocycles. The average Bonchev–Trinajstić information content (AvgIpc) is 2.75. The molecule has 4 nitrogen and oxygen atoms in total. The molecule has 2 rings (SSSR count). The van der Waals surface area contributed by atoms with Gasteiger partial charge in [0.1, 0.15) is 4.32 Å². The summed E-state index contributed by atoms with van der Waals surface area (Å²) in [6.07, 6.45) is -1.92. The van der Waals surface area contributed by atoms with Crippen LogP contribution in [0.1, 0.15) is 5.56 Å². The smallest absolute Gasteiger partial charge is 0.318 e. The number of anilines is 1. The van der Waals surface area contributed by atoms with Crippen molar-refractivity contribution in [3.05, 3.63) is 47.4 Å². The predicted molar refractivity (Wildman–Crippen MR) is 91.2 cm³/mol. The number of hydrogen-bond acceptors (Lipinski definition) is 4. The molecular weight excluding hydrogens is 361 g/mol. The van der Waals surface area contributed by atoms with Crippen LogP contribution in [0.25, 0.3) is 6.08 Å². The SMILES string of the molecule is C=CCN1C(=O)/C(=C/c2cccc(NC(=O)C(F)(F)F)c2)SC1=S. The van der Waals surface area contributed by atoms with Gasteiger partial charge in [0.25, 0.3) is 5.91 Å². The fourth-order valence-corrected chi connectivity index (χ4v) is 3.12. The topological polar surface area (TPSA) is 49.4 Å². The van der Waals surface area contributed by atoms with Gasteiger partial charge in [-0.05, 0) is 23.8 Å². The van der Waals surface area contributed by atoms with Crippen LogP contribution in [0.4, 0.5) is 18.9 Å². The number of halogens is 3. The number of nitrogens with zero attached hydrogens (tertiary/aromatic N) is 1. The van der Waals surface area contributed by atoms with Crippen LogP contribution < -0.4 is 5.32 Å². The van der Waals surface area contributed by atoms with E-state index in [0.717, 1.165) is 11.8 Å². The van der Waals surface area contributed by atoms with Crippen LogP contribution in [0.15, 0.2) is 41.8 Å². The summed E-state index contributed by atoms with van der Waals surface area (Å²) in [6.45, 7) is 3.83. The molecule has 126 valence electrons. The van der Waals surface area contributed by atoms with Crippen LogP contribution in [0.3, 0.4) is 0 Å². The van der Waals surface area contributed by atoms with Crippen LogP contribution >= 0.6 is 24.0 Å². The van der Waals surface area contributed by atoms with E-state index in [1.54, 1.807) is 17.5 Å². The molecular formula is C15H11F3N2O2S2. The first-order valence-electron chi connectivity index (χ1n) is 6.57. The number of hydrogen-bond donors (Lipinski definition) is 1. The summed E-state index contributed by atoms with van der Waals surface area (Å²) in [6, 6.07) is 5.74. The summed E-state index contributed by atoms with van der Waals surface area (Å²) in [7, 11) is 0. The molecule has 1 fully saturated rings. The first kappa shape index (κ1) is 18.2. The lowest BCUT2D eigenvalue weighted by atomic mass is 10.2. The van der Waals surface area contributed by atoms with Crippen LogP contribution in [-0.2, 0) is 9.59 Å². The molecule has 1 aromatic rings. The number of alkyl halides is 3. The van der Waals surface area contributed by atoms with Crippen LogP contribution in [0.2, 0.25) is 0 Å². The Morgan fingerprint density at radius 2 is 2.12 bits per heavy atom. The number of carbonyl (C=O) groups is 2. The predicted octanol–water partition coefficient (Wildman–Crippen LogP) is 3.57. The summed E-state index contributed by atoms with van der Waals surface area (Å²) in [5.41, 5.74) is 0.446. The molecule has 1 aliphatic rings. The van der Waals surface area contributed by atoms with Gasteiger partial charge < -0.3 is 5.32 Å². The van der Waals surface area contributed by atoms with Crippen LogP contribution in [0, 0.1) is 0 Å². The highest BCUT2D eigenvalue weighted by Gasteiger charge is 2.38. The largest absolute Gasteiger partial charge is 0.471 e. The van der Waals surface area contributed by atoms with E-state index in [4.69, 9.17) is 12.2 Å². The second-order valence-corrected chi connectivity index (χ2v) is 6.33. The highest BCUT2D eigenvalue weighted by atomic mass is 32.2. The zero-order chi connectivity index (χ0) is 17.9. The monoisotopic (exact) mass is 372 g/mol. The summed E-state index contributed by atoms with van der Waals surface area (Å²) < 4.78 is 37.2. The average molecular weight is 372 g/mol. The van der Waals surface area contributed by atoms with Gasteiger partial charge >= 0.3 is 12.1 Å². The molecule has 0 atom stereocenters. The lowest BCUT2D eigenvalue weighted by molar-refractivity contribution is -0.167. The lowest BCUT2D eigenvalue weighted by Gasteiger charge is -2.10. The van der Waals surface area contributed by atoms with Gasteiger partial charge in [-0.15, -0.1) is 6.58 Å². The summed E-state index contributed by atoms with van der Waals surface area (Å²) in [5.74, 6) is -2.36. The van der Waals surface area contributed by atoms with Gasteiger partial charge in [-0.25, -0.2) is 0 Å². The molecule has 24 heavy (non-hydrogen) atoms. The highest BCUT2D eigenvalue weighted by molar-refractivity contribution is 8.26. The summed E-state index contributed by atoms with van der Waals surface area (Å²) in [5, 5.41) is 1.76. The molecule has 0 saturated carbocycles. The maximum atomic E-state index is 12.3. The van der Waals surface area contributed by atoms with Crippen molar-refractivity contribution >= 4 is 51.9 Å². The first-order chi connectivity index (χ1) is 11.2. The number of carbonyl (C=O) groups excluding carboxylic acids is 2. The fraction of sp³-hybridized carbons (Fsp3) is 0.133. The third-order valence-electron chi connectivity index (χ3n) is 2.88. The van der Waals surface area contributed by atoms with Gasteiger partial charge in [0, 0.05) is 12.2 Å². The minimum Gasteiger partial charge on any atom is -0.318 e. The molecule has 1 heterocycles. The van der Waals surface area contributed by atoms with Crippen molar-refractivity contribution in [2.24, 2.45) is 0 Å². The number of nitrogens with one attached hydrogen (secondary N) is 1. The third kappa shape index (κ3) is 4.24. The molecule has 1 aromatic carbocycles. The van der Waals surface area contributed by atoms with Crippen molar-refractivity contribution < 1.29 is 22.8 Å². The Balaban J connectivity index is 2.21. The lowest BCUT2D eigenvalue weighted by Crippen LogP contribution is -2.29. The van der Waals surface area contributed by atoms with Gasteiger partial charge in [0.2, 0.25) is 0 Å². The molecule has 0 radical (unpaired) electrons. The molecule has 0 aliphatic carbocycles. The summed E-state index contributed by atoms with van der Waals surface area (Å²) in [4.78, 5) is 24.9. The molecule has 9 heteroatoms. The van der Waals surface area contributed by atoms with Gasteiger partial charge in [0.15, 0.2) is 0 Å². The Morgan fingerprint density at radius 1 is 1.42 bits per heavy atom. The second kappa shape index (κ2) is 7.18. The number of rotatable bonds is 4. The van der Waals surface area contributed by atoms with Crippen molar-refractivity contribution in [1.82, 2.24) is 4.90 Å². The summed E-state index contributed by atoms with van der Waals surface area (Å²) >= 11 is 6.19. The van der Waals surface area contributed by atoms with Crippen LogP contribution in [0.5, 0.6) is 0 Å². The molecule has 0 unspecified atom stereocenters. The molecule has 1 N–H and O–H groups in total. The zero-order valence-corrected chi connectivity index (χ0v) is 13.7. The van der Waals surface area contributed by atoms with Crippen molar-refractivity contribution in [1.29, 1.82) is 0 Å². The zero-order valence-electron chi connectivity index (χ0n) is 12.1. The van der Waals surface area contributed by atoms with Crippen molar-refractivity contribution in [2.75, 3.05) is 11.9 Å². The Kier molecular flexibility index (Phi) is 5.45. The maximum absolute atomic E-state index is 12.3. The van der Waals surface area contributed by atoms with Gasteiger partial charge in [0.05, 0.1) is 4.91 Å². The maximum Gasteiger partial charge on any atom is 0.471 e. The quantitative estimate of drug-likeness (QED) is 0.499. The van der Waals surface area contributed by atoms with E-state index in [2.05, 4.69) is 6.58 Å². The minimum absolute atomic E-state index is 0.0207. The van der Waals surface area contributed by atoms with E-state index in [1.165, 1.54) is 29.2 Å². The van der Waals surface area contributed by atoms with E-state index in [9.17, 15) is 22.8 Å². The Morgan fingerprint density at radius 3 is 2.75 bits per heavy atom. The standard InChI is InChI=1S/C15H11F3N2O2S2/c1-2-6-20-12(21)11(24-14(20)23)8-9-4-3-5-10(7-9)19-13(22)15(16,17)18/h2-5,7-8H,1,6H2,(H,19,22)/b11-8-. The number of thioether (sulfide) groups is 1. The van der Waals surface area contributed by atoms with Crippen molar-refractivity contribution in [3.8, 4) is 0 Å². The van der Waals surface area contributed by atoms with E-state index in [-0.39, 0.29) is 18.1 Å². The Labute approximate surface area is 145 Å². The molecule has 0 bridgehead atoms. The normalized spacial score (nSPS) is 16.6. The van der Waals surface area contributed by atoms with Gasteiger partial charge in [-0.2, -0.15) is 13.2 Å². The minimum atomic E-state index is -4.97. The fourth-order valence-electron chi connectivity index (χ4n) is 1.85. The number of benzene rings is 1. The first-order valence-corrected chi connectivity index (χ1v) is 7.79. The molecule has 0 aromatic heterocycles.